The SMILES string of the molecule is CCCCCCCCCCCCCOCCOCCOCCOCCOCCOCCOCCOCCOCCOCCOCCOCCOCCOCCOCCOCCOCCOCCOCCOCCOCCOCCOCCOCCOCCOCCOCCOCCOCCO. The molecule has 0 saturated carbocycles. The second-order valence-electron chi connectivity index (χ2n) is 22.0. The van der Waals surface area contributed by atoms with Crippen LogP contribution in [0.1, 0.15) is 77.6 Å². The van der Waals surface area contributed by atoms with Crippen molar-refractivity contribution < 1.29 is 142 Å². The standard InChI is InChI=1S/C71H144O30/c1-2-3-4-5-6-7-8-9-10-11-12-14-73-16-18-75-20-22-77-24-26-79-28-30-81-32-34-83-36-38-85-40-42-87-44-46-89-48-50-91-52-54-93-56-58-95-60-62-97-64-66-99-68-70-101-71-69-100-67-65-98-63-61-96-59-57-94-55-53-92-51-49-90-47-45-88-43-41-86-39-37-84-35-33-82-31-29-80-27-25-78-23-21-76-19-17-74-15-13-72/h72H,2-71H2,1H3. The first-order valence-electron chi connectivity index (χ1n) is 37.8. The Morgan fingerprint density at radius 2 is 0.198 bits per heavy atom. The lowest BCUT2D eigenvalue weighted by Crippen LogP contribution is -2.16. The highest BCUT2D eigenvalue weighted by atomic mass is 16.6. The third-order valence-corrected chi connectivity index (χ3v) is 13.5. The second kappa shape index (κ2) is 98.8. The number of hydrogen-bond donors (Lipinski definition) is 1. The molecule has 0 fully saturated rings. The largest absolute Gasteiger partial charge is 0.394 e. The minimum Gasteiger partial charge on any atom is -0.394 e. The van der Waals surface area contributed by atoms with Gasteiger partial charge in [-0.25, -0.2) is 0 Å². The minimum atomic E-state index is 0.0169. The van der Waals surface area contributed by atoms with E-state index in [1.165, 1.54) is 64.2 Å². The molecule has 0 amide bonds. The molecule has 30 nitrogen and oxygen atoms in total. The predicted molar refractivity (Wildman–Crippen MR) is 377 cm³/mol. The van der Waals surface area contributed by atoms with Crippen LogP contribution in [0.2, 0.25) is 0 Å². The van der Waals surface area contributed by atoms with Crippen LogP contribution in [0, 0.1) is 0 Å². The highest BCUT2D eigenvalue weighted by Gasteiger charge is 2.03. The molecule has 0 radical (unpaired) electrons. The fourth-order valence-electron chi connectivity index (χ4n) is 8.19. The molecule has 0 aromatic heterocycles. The summed E-state index contributed by atoms with van der Waals surface area (Å²) in [5.41, 5.74) is 0. The number of ether oxygens (including phenoxy) is 29. The van der Waals surface area contributed by atoms with Crippen molar-refractivity contribution in [3.05, 3.63) is 0 Å². The monoisotopic (exact) mass is 1480 g/mol. The maximum absolute atomic E-state index is 8.62. The molecule has 0 aromatic carbocycles. The first-order chi connectivity index (χ1) is 50.4. The molecule has 0 atom stereocenters. The van der Waals surface area contributed by atoms with Gasteiger partial charge in [0.25, 0.3) is 0 Å². The van der Waals surface area contributed by atoms with E-state index in [0.29, 0.717) is 377 Å². The number of unbranched alkanes of at least 4 members (excludes halogenated alkanes) is 10. The lowest BCUT2D eigenvalue weighted by atomic mass is 10.1. The average molecular weight is 1480 g/mol. The van der Waals surface area contributed by atoms with Crippen LogP contribution in [0.4, 0.5) is 0 Å². The summed E-state index contributed by atoms with van der Waals surface area (Å²) >= 11 is 0. The van der Waals surface area contributed by atoms with E-state index in [2.05, 4.69) is 6.92 Å². The third-order valence-electron chi connectivity index (χ3n) is 13.5. The number of rotatable bonds is 98. The van der Waals surface area contributed by atoms with Gasteiger partial charge in [-0.05, 0) is 6.42 Å². The number of hydrogen-bond acceptors (Lipinski definition) is 30. The topological polar surface area (TPSA) is 288 Å². The normalized spacial score (nSPS) is 11.8. The maximum Gasteiger partial charge on any atom is 0.0701 e. The summed E-state index contributed by atoms with van der Waals surface area (Å²) in [5.74, 6) is 0. The second-order valence-corrected chi connectivity index (χ2v) is 22.0. The molecule has 608 valence electrons. The van der Waals surface area contributed by atoms with Gasteiger partial charge in [-0.1, -0.05) is 71.1 Å². The Bertz CT molecular complexity index is 1300. The number of aliphatic hydroxyl groups is 1. The summed E-state index contributed by atoms with van der Waals surface area (Å²) in [6, 6.07) is 0. The first-order valence-corrected chi connectivity index (χ1v) is 37.8. The van der Waals surface area contributed by atoms with E-state index in [0.717, 1.165) is 13.0 Å². The van der Waals surface area contributed by atoms with Gasteiger partial charge in [-0.15, -0.1) is 0 Å². The van der Waals surface area contributed by atoms with Crippen molar-refractivity contribution in [1.29, 1.82) is 0 Å². The quantitative estimate of drug-likeness (QED) is 0.0802. The summed E-state index contributed by atoms with van der Waals surface area (Å²) in [6.07, 6.45) is 14.8. The van der Waals surface area contributed by atoms with Crippen molar-refractivity contribution in [3.8, 4) is 0 Å². The van der Waals surface area contributed by atoms with Crippen molar-refractivity contribution >= 4 is 0 Å². The van der Waals surface area contributed by atoms with Crippen LogP contribution in [0.15, 0.2) is 0 Å². The molecule has 0 spiro atoms. The summed E-state index contributed by atoms with van der Waals surface area (Å²) in [5, 5.41) is 8.62. The Morgan fingerprint density at radius 1 is 0.109 bits per heavy atom. The van der Waals surface area contributed by atoms with Crippen LogP contribution in [0.3, 0.4) is 0 Å². The van der Waals surface area contributed by atoms with E-state index in [1.54, 1.807) is 0 Å². The van der Waals surface area contributed by atoms with E-state index < -0.39 is 0 Å². The highest BCUT2D eigenvalue weighted by Crippen LogP contribution is 2.11. The molecule has 0 aliphatic rings. The van der Waals surface area contributed by atoms with Gasteiger partial charge in [0.1, 0.15) is 0 Å². The van der Waals surface area contributed by atoms with E-state index in [-0.39, 0.29) is 6.61 Å². The van der Waals surface area contributed by atoms with Crippen LogP contribution in [-0.2, 0) is 137 Å². The van der Waals surface area contributed by atoms with Gasteiger partial charge < -0.3 is 142 Å². The zero-order valence-electron chi connectivity index (χ0n) is 62.8. The van der Waals surface area contributed by atoms with Gasteiger partial charge in [0.05, 0.1) is 383 Å². The molecule has 0 aliphatic heterocycles. The van der Waals surface area contributed by atoms with Gasteiger partial charge in [0.2, 0.25) is 0 Å². The molecule has 0 unspecified atom stereocenters. The fourth-order valence-corrected chi connectivity index (χ4v) is 8.19. The van der Waals surface area contributed by atoms with E-state index in [1.807, 2.05) is 0 Å². The van der Waals surface area contributed by atoms with Crippen LogP contribution in [0.25, 0.3) is 0 Å². The minimum absolute atomic E-state index is 0.0169. The summed E-state index contributed by atoms with van der Waals surface area (Å²) < 4.78 is 160. The molecular formula is C71H144O30. The Labute approximate surface area is 607 Å². The molecular weight excluding hydrogens is 1330 g/mol. The van der Waals surface area contributed by atoms with Crippen molar-refractivity contribution in [1.82, 2.24) is 0 Å². The molecule has 30 heteroatoms. The zero-order chi connectivity index (χ0) is 72.0. The van der Waals surface area contributed by atoms with Crippen molar-refractivity contribution in [2.24, 2.45) is 0 Å². The molecule has 101 heavy (non-hydrogen) atoms. The molecule has 1 N–H and O–H groups in total. The van der Waals surface area contributed by atoms with Gasteiger partial charge in [-0.3, -0.25) is 0 Å². The van der Waals surface area contributed by atoms with Gasteiger partial charge in [-0.2, -0.15) is 0 Å². The lowest BCUT2D eigenvalue weighted by Gasteiger charge is -2.09. The Hall–Kier alpha value is -1.20. The summed E-state index contributed by atoms with van der Waals surface area (Å²) in [7, 11) is 0. The molecule has 0 aliphatic carbocycles. The van der Waals surface area contributed by atoms with E-state index in [4.69, 9.17) is 142 Å². The first kappa shape index (κ1) is 99.8. The fraction of sp³-hybridized carbons (Fsp3) is 1.00. The molecule has 0 heterocycles. The van der Waals surface area contributed by atoms with Crippen LogP contribution in [-0.4, -0.2) is 395 Å². The molecule has 0 saturated heterocycles. The summed E-state index contributed by atoms with van der Waals surface area (Å²) in [4.78, 5) is 0. The summed E-state index contributed by atoms with van der Waals surface area (Å²) in [6.45, 7) is 31.2. The Kier molecular flexibility index (Phi) is 97.6. The van der Waals surface area contributed by atoms with Gasteiger partial charge in [0, 0.05) is 6.61 Å². The predicted octanol–water partition coefficient (Wildman–Crippen LogP) is 4.77. The van der Waals surface area contributed by atoms with Crippen molar-refractivity contribution in [2.75, 3.05) is 390 Å². The van der Waals surface area contributed by atoms with Crippen molar-refractivity contribution in [2.45, 2.75) is 77.6 Å². The molecule has 0 bridgehead atoms. The maximum atomic E-state index is 8.62. The lowest BCUT2D eigenvalue weighted by molar-refractivity contribution is -0.0324. The van der Waals surface area contributed by atoms with Crippen molar-refractivity contribution in [3.63, 3.8) is 0 Å². The van der Waals surface area contributed by atoms with E-state index in [9.17, 15) is 0 Å². The van der Waals surface area contributed by atoms with Gasteiger partial charge in [0.15, 0.2) is 0 Å². The smallest absolute Gasteiger partial charge is 0.0701 e. The Morgan fingerprint density at radius 3 is 0.307 bits per heavy atom. The molecule has 0 rings (SSSR count). The van der Waals surface area contributed by atoms with E-state index >= 15 is 0 Å². The third kappa shape index (κ3) is 98.8. The number of aliphatic hydroxyl groups excluding tert-OH is 1. The Balaban J connectivity index is 3.09. The van der Waals surface area contributed by atoms with Crippen LogP contribution in [0.5, 0.6) is 0 Å². The van der Waals surface area contributed by atoms with Crippen LogP contribution < -0.4 is 0 Å². The highest BCUT2D eigenvalue weighted by molar-refractivity contribution is 4.50. The molecule has 0 aromatic rings. The zero-order valence-corrected chi connectivity index (χ0v) is 62.8. The van der Waals surface area contributed by atoms with Crippen LogP contribution >= 0.6 is 0 Å². The average Bonchev–Trinajstić information content (AvgIpc) is 3.68. The van der Waals surface area contributed by atoms with Gasteiger partial charge >= 0.3 is 0 Å².